The van der Waals surface area contributed by atoms with Gasteiger partial charge in [-0.2, -0.15) is 0 Å². The molecule has 2 nitrogen and oxygen atoms in total. The Morgan fingerprint density at radius 1 is 1.00 bits per heavy atom. The van der Waals surface area contributed by atoms with Gasteiger partial charge in [-0.3, -0.25) is 4.90 Å². The molecular formula is C13H24N2. The van der Waals surface area contributed by atoms with E-state index in [4.69, 9.17) is 5.73 Å². The van der Waals surface area contributed by atoms with Crippen molar-refractivity contribution in [2.45, 2.75) is 69.5 Å². The second-order valence-corrected chi connectivity index (χ2v) is 5.94. The molecule has 86 valence electrons. The van der Waals surface area contributed by atoms with Crippen LogP contribution in [-0.4, -0.2) is 29.6 Å². The van der Waals surface area contributed by atoms with Gasteiger partial charge in [0.2, 0.25) is 0 Å². The minimum atomic E-state index is 0.502. The lowest BCUT2D eigenvalue weighted by Crippen LogP contribution is -2.48. The molecular weight excluding hydrogens is 184 g/mol. The van der Waals surface area contributed by atoms with Crippen LogP contribution in [0.1, 0.15) is 51.4 Å². The van der Waals surface area contributed by atoms with Crippen molar-refractivity contribution in [3.05, 3.63) is 0 Å². The predicted molar refractivity (Wildman–Crippen MR) is 62.7 cm³/mol. The van der Waals surface area contributed by atoms with Crippen molar-refractivity contribution in [3.63, 3.8) is 0 Å². The SMILES string of the molecule is NC1CC2CCC(C1)N2CCC1CCC1. The van der Waals surface area contributed by atoms with E-state index in [2.05, 4.69) is 4.90 Å². The van der Waals surface area contributed by atoms with E-state index in [-0.39, 0.29) is 0 Å². The third-order valence-corrected chi connectivity index (χ3v) is 4.94. The molecule has 0 aromatic carbocycles. The highest BCUT2D eigenvalue weighted by Crippen LogP contribution is 2.37. The molecule has 1 aliphatic carbocycles. The van der Waals surface area contributed by atoms with E-state index < -0.39 is 0 Å². The summed E-state index contributed by atoms with van der Waals surface area (Å²) in [5, 5.41) is 0. The van der Waals surface area contributed by atoms with Gasteiger partial charge >= 0.3 is 0 Å². The van der Waals surface area contributed by atoms with Crippen LogP contribution in [0.4, 0.5) is 0 Å². The number of fused-ring (bicyclic) bond motifs is 2. The maximum absolute atomic E-state index is 6.08. The first kappa shape index (κ1) is 10.1. The molecule has 1 saturated carbocycles. The van der Waals surface area contributed by atoms with Crippen LogP contribution >= 0.6 is 0 Å². The van der Waals surface area contributed by atoms with Gasteiger partial charge in [-0.25, -0.2) is 0 Å². The van der Waals surface area contributed by atoms with Gasteiger partial charge in [0.25, 0.3) is 0 Å². The second-order valence-electron chi connectivity index (χ2n) is 5.94. The Bertz CT molecular complexity index is 211. The normalized spacial score (nSPS) is 41.8. The standard InChI is InChI=1S/C13H24N2/c14-11-8-12-4-5-13(9-11)15(12)7-6-10-2-1-3-10/h10-13H,1-9,14H2. The highest BCUT2D eigenvalue weighted by molar-refractivity contribution is 4.96. The summed E-state index contributed by atoms with van der Waals surface area (Å²) < 4.78 is 0. The number of hydrogen-bond donors (Lipinski definition) is 1. The third kappa shape index (κ3) is 1.94. The molecule has 2 atom stereocenters. The average Bonchev–Trinajstić information content (AvgIpc) is 2.39. The average molecular weight is 208 g/mol. The minimum absolute atomic E-state index is 0.502. The van der Waals surface area contributed by atoms with Gasteiger partial charge in [0.05, 0.1) is 0 Å². The molecule has 2 heterocycles. The molecule has 0 aromatic rings. The molecule has 2 heteroatoms. The van der Waals surface area contributed by atoms with Crippen LogP contribution in [0.25, 0.3) is 0 Å². The van der Waals surface area contributed by atoms with Crippen LogP contribution < -0.4 is 5.73 Å². The molecule has 0 spiro atoms. The molecule has 2 N–H and O–H groups in total. The Morgan fingerprint density at radius 3 is 2.20 bits per heavy atom. The van der Waals surface area contributed by atoms with Gasteiger partial charge in [-0.05, 0) is 44.6 Å². The van der Waals surface area contributed by atoms with Gasteiger partial charge in [0.15, 0.2) is 0 Å². The van der Waals surface area contributed by atoms with Crippen molar-refractivity contribution < 1.29 is 0 Å². The summed E-state index contributed by atoms with van der Waals surface area (Å²) in [6.45, 7) is 1.37. The minimum Gasteiger partial charge on any atom is -0.328 e. The van der Waals surface area contributed by atoms with Crippen molar-refractivity contribution in [2.24, 2.45) is 11.7 Å². The molecule has 0 aromatic heterocycles. The molecule has 3 rings (SSSR count). The van der Waals surface area contributed by atoms with Crippen molar-refractivity contribution >= 4 is 0 Å². The van der Waals surface area contributed by atoms with Crippen LogP contribution in [-0.2, 0) is 0 Å². The highest BCUT2D eigenvalue weighted by atomic mass is 15.2. The van der Waals surface area contributed by atoms with Gasteiger partial charge < -0.3 is 5.73 Å². The van der Waals surface area contributed by atoms with E-state index in [0.29, 0.717) is 6.04 Å². The lowest BCUT2D eigenvalue weighted by atomic mass is 9.82. The fraction of sp³-hybridized carbons (Fsp3) is 1.00. The van der Waals surface area contributed by atoms with Crippen LogP contribution in [0.3, 0.4) is 0 Å². The van der Waals surface area contributed by atoms with E-state index in [1.54, 1.807) is 0 Å². The monoisotopic (exact) mass is 208 g/mol. The first-order chi connectivity index (χ1) is 7.33. The van der Waals surface area contributed by atoms with Gasteiger partial charge in [0.1, 0.15) is 0 Å². The molecule has 3 aliphatic rings. The summed E-state index contributed by atoms with van der Waals surface area (Å²) in [4.78, 5) is 2.79. The zero-order valence-corrected chi connectivity index (χ0v) is 9.70. The van der Waals surface area contributed by atoms with Crippen molar-refractivity contribution in [2.75, 3.05) is 6.54 Å². The molecule has 2 unspecified atom stereocenters. The number of hydrogen-bond acceptors (Lipinski definition) is 2. The summed E-state index contributed by atoms with van der Waals surface area (Å²) in [5.74, 6) is 1.07. The van der Waals surface area contributed by atoms with Crippen molar-refractivity contribution in [1.82, 2.24) is 4.90 Å². The fourth-order valence-corrected chi connectivity index (χ4v) is 3.79. The first-order valence-corrected chi connectivity index (χ1v) is 6.84. The summed E-state index contributed by atoms with van der Waals surface area (Å²) in [7, 11) is 0. The van der Waals surface area contributed by atoms with E-state index in [1.807, 2.05) is 0 Å². The Labute approximate surface area is 93.2 Å². The second kappa shape index (κ2) is 4.06. The predicted octanol–water partition coefficient (Wildman–Crippen LogP) is 2.13. The van der Waals surface area contributed by atoms with Crippen LogP contribution in [0.15, 0.2) is 0 Å². The maximum Gasteiger partial charge on any atom is 0.0113 e. The van der Waals surface area contributed by atoms with Gasteiger partial charge in [-0.1, -0.05) is 19.3 Å². The fourth-order valence-electron chi connectivity index (χ4n) is 3.79. The zero-order valence-electron chi connectivity index (χ0n) is 9.70. The molecule has 2 aliphatic heterocycles. The van der Waals surface area contributed by atoms with Crippen LogP contribution in [0, 0.1) is 5.92 Å². The van der Waals surface area contributed by atoms with Gasteiger partial charge in [-0.15, -0.1) is 0 Å². The molecule has 0 amide bonds. The topological polar surface area (TPSA) is 29.3 Å². The Morgan fingerprint density at radius 2 is 1.67 bits per heavy atom. The van der Waals surface area contributed by atoms with Crippen molar-refractivity contribution in [1.29, 1.82) is 0 Å². The Hall–Kier alpha value is -0.0800. The number of piperidine rings is 1. The number of nitrogens with two attached hydrogens (primary N) is 1. The zero-order chi connectivity index (χ0) is 10.3. The molecule has 0 radical (unpaired) electrons. The van der Waals surface area contributed by atoms with E-state index in [1.165, 1.54) is 57.9 Å². The lowest BCUT2D eigenvalue weighted by molar-refractivity contribution is 0.111. The van der Waals surface area contributed by atoms with Crippen LogP contribution in [0.2, 0.25) is 0 Å². The molecule has 15 heavy (non-hydrogen) atoms. The third-order valence-electron chi connectivity index (χ3n) is 4.94. The maximum atomic E-state index is 6.08. The quantitative estimate of drug-likeness (QED) is 0.770. The molecule has 2 saturated heterocycles. The lowest BCUT2D eigenvalue weighted by Gasteiger charge is -2.39. The Kier molecular flexibility index (Phi) is 2.73. The molecule has 2 bridgehead atoms. The summed E-state index contributed by atoms with van der Waals surface area (Å²) >= 11 is 0. The highest BCUT2D eigenvalue weighted by Gasteiger charge is 2.39. The Balaban J connectivity index is 1.52. The van der Waals surface area contributed by atoms with Crippen molar-refractivity contribution in [3.8, 4) is 0 Å². The van der Waals surface area contributed by atoms with Gasteiger partial charge in [0, 0.05) is 18.1 Å². The molecule has 3 fully saturated rings. The summed E-state index contributed by atoms with van der Waals surface area (Å²) in [6.07, 6.45) is 11.3. The van der Waals surface area contributed by atoms with E-state index >= 15 is 0 Å². The number of nitrogens with zero attached hydrogens (tertiary/aromatic N) is 1. The van der Waals surface area contributed by atoms with E-state index in [0.717, 1.165) is 18.0 Å². The van der Waals surface area contributed by atoms with Crippen LogP contribution in [0.5, 0.6) is 0 Å². The first-order valence-electron chi connectivity index (χ1n) is 6.84. The summed E-state index contributed by atoms with van der Waals surface area (Å²) in [6, 6.07) is 2.19. The largest absolute Gasteiger partial charge is 0.328 e. The smallest absolute Gasteiger partial charge is 0.0113 e. The number of rotatable bonds is 3. The van der Waals surface area contributed by atoms with E-state index in [9.17, 15) is 0 Å². The summed E-state index contributed by atoms with van der Waals surface area (Å²) in [5.41, 5.74) is 6.08.